The van der Waals surface area contributed by atoms with Crippen LogP contribution in [-0.4, -0.2) is 13.0 Å². The average Bonchev–Trinajstić information content (AvgIpc) is 2.84. The van der Waals surface area contributed by atoms with Gasteiger partial charge >= 0.3 is 0 Å². The Kier molecular flexibility index (Phi) is 4.37. The number of hydrogen-bond acceptors (Lipinski definition) is 3. The number of ether oxygens (including phenoxy) is 1. The number of carbonyl (C=O) groups excluding carboxylic acids is 1. The number of anilines is 1. The number of rotatable bonds is 3. The van der Waals surface area contributed by atoms with Crippen LogP contribution in [0.1, 0.15) is 40.9 Å². The first-order valence-electron chi connectivity index (χ1n) is 6.87. The maximum Gasteiger partial charge on any atom is 0.265 e. The Morgan fingerprint density at radius 2 is 1.90 bits per heavy atom. The highest BCUT2D eigenvalue weighted by Crippen LogP contribution is 2.32. The van der Waals surface area contributed by atoms with E-state index in [2.05, 4.69) is 26.1 Å². The number of carbonyl (C=O) groups is 1. The maximum atomic E-state index is 12.3. The maximum absolute atomic E-state index is 12.3. The van der Waals surface area contributed by atoms with Crippen LogP contribution in [0.2, 0.25) is 0 Å². The number of methoxy groups -OCH3 is 1. The van der Waals surface area contributed by atoms with Gasteiger partial charge in [0.05, 0.1) is 17.7 Å². The number of benzene rings is 1. The molecule has 2 rings (SSSR count). The Labute approximate surface area is 130 Å². The molecule has 4 heteroatoms. The van der Waals surface area contributed by atoms with E-state index in [1.165, 1.54) is 11.3 Å². The van der Waals surface area contributed by atoms with E-state index < -0.39 is 0 Å². The third-order valence-electron chi connectivity index (χ3n) is 3.28. The second-order valence-corrected chi connectivity index (χ2v) is 7.32. The minimum absolute atomic E-state index is 0.0191. The third-order valence-corrected chi connectivity index (χ3v) is 4.28. The van der Waals surface area contributed by atoms with Crippen molar-refractivity contribution in [2.75, 3.05) is 12.4 Å². The summed E-state index contributed by atoms with van der Waals surface area (Å²) in [6, 6.07) is 9.70. The zero-order valence-corrected chi connectivity index (χ0v) is 13.9. The van der Waals surface area contributed by atoms with Crippen LogP contribution in [-0.2, 0) is 5.41 Å². The van der Waals surface area contributed by atoms with E-state index in [-0.39, 0.29) is 11.3 Å². The first kappa shape index (κ1) is 15.6. The molecule has 0 saturated carbocycles. The smallest absolute Gasteiger partial charge is 0.265 e. The van der Waals surface area contributed by atoms with E-state index in [1.807, 2.05) is 37.3 Å². The summed E-state index contributed by atoms with van der Waals surface area (Å²) in [5.74, 6) is 0.571. The van der Waals surface area contributed by atoms with Gasteiger partial charge in [-0.3, -0.25) is 4.79 Å². The van der Waals surface area contributed by atoms with Gasteiger partial charge in [0, 0.05) is 4.88 Å². The quantitative estimate of drug-likeness (QED) is 0.899. The SMILES string of the molecule is COc1ccc(C(C)(C)C)cc1NC(=O)c1ccc(C)s1. The largest absolute Gasteiger partial charge is 0.495 e. The zero-order valence-electron chi connectivity index (χ0n) is 13.1. The fourth-order valence-corrected chi connectivity index (χ4v) is 2.78. The summed E-state index contributed by atoms with van der Waals surface area (Å²) in [6.45, 7) is 8.41. The molecule has 1 amide bonds. The lowest BCUT2D eigenvalue weighted by Gasteiger charge is -2.21. The summed E-state index contributed by atoms with van der Waals surface area (Å²) in [5.41, 5.74) is 1.88. The van der Waals surface area contributed by atoms with Crippen LogP contribution < -0.4 is 10.1 Å². The first-order chi connectivity index (χ1) is 9.81. The summed E-state index contributed by atoms with van der Waals surface area (Å²) in [5, 5.41) is 2.95. The first-order valence-corrected chi connectivity index (χ1v) is 7.69. The highest BCUT2D eigenvalue weighted by Gasteiger charge is 2.17. The minimum atomic E-state index is -0.0996. The van der Waals surface area contributed by atoms with Crippen LogP contribution in [0, 0.1) is 6.92 Å². The van der Waals surface area contributed by atoms with Crippen LogP contribution in [0.15, 0.2) is 30.3 Å². The van der Waals surface area contributed by atoms with Crippen LogP contribution in [0.25, 0.3) is 0 Å². The molecular weight excluding hydrogens is 282 g/mol. The number of nitrogens with one attached hydrogen (secondary N) is 1. The van der Waals surface area contributed by atoms with Gasteiger partial charge < -0.3 is 10.1 Å². The second-order valence-electron chi connectivity index (χ2n) is 6.03. The van der Waals surface area contributed by atoms with Gasteiger partial charge in [-0.25, -0.2) is 0 Å². The molecule has 112 valence electrons. The van der Waals surface area contributed by atoms with Crippen molar-refractivity contribution in [2.45, 2.75) is 33.1 Å². The molecule has 0 atom stereocenters. The normalized spacial score (nSPS) is 11.3. The van der Waals surface area contributed by atoms with Crippen LogP contribution in [0.4, 0.5) is 5.69 Å². The number of aryl methyl sites for hydroxylation is 1. The lowest BCUT2D eigenvalue weighted by molar-refractivity contribution is 0.103. The molecule has 0 aliphatic carbocycles. The molecule has 0 spiro atoms. The molecule has 0 aliphatic heterocycles. The van der Waals surface area contributed by atoms with E-state index in [4.69, 9.17) is 4.74 Å². The summed E-state index contributed by atoms with van der Waals surface area (Å²) in [7, 11) is 1.61. The van der Waals surface area contributed by atoms with Crippen molar-refractivity contribution in [1.82, 2.24) is 0 Å². The van der Waals surface area contributed by atoms with Crippen molar-refractivity contribution in [3.8, 4) is 5.75 Å². The fourth-order valence-electron chi connectivity index (χ4n) is 2.01. The minimum Gasteiger partial charge on any atom is -0.495 e. The molecule has 1 aromatic heterocycles. The number of amides is 1. The Morgan fingerprint density at radius 1 is 1.19 bits per heavy atom. The molecule has 0 aliphatic rings. The van der Waals surface area contributed by atoms with Crippen LogP contribution >= 0.6 is 11.3 Å². The molecule has 2 aromatic rings. The molecule has 0 fully saturated rings. The standard InChI is InChI=1S/C17H21NO2S/c1-11-6-9-15(21-11)16(19)18-13-10-12(17(2,3)4)7-8-14(13)20-5/h6-10H,1-5H3,(H,18,19). The van der Waals surface area contributed by atoms with Gasteiger partial charge in [0.1, 0.15) is 5.75 Å². The molecule has 0 saturated heterocycles. The third kappa shape index (κ3) is 3.64. The van der Waals surface area contributed by atoms with Gasteiger partial charge in [-0.05, 0) is 42.2 Å². The Morgan fingerprint density at radius 3 is 2.43 bits per heavy atom. The molecule has 3 nitrogen and oxygen atoms in total. The average molecular weight is 303 g/mol. The van der Waals surface area contributed by atoms with E-state index in [9.17, 15) is 4.79 Å². The van der Waals surface area contributed by atoms with Gasteiger partial charge in [0.25, 0.3) is 5.91 Å². The highest BCUT2D eigenvalue weighted by molar-refractivity contribution is 7.14. The summed E-state index contributed by atoms with van der Waals surface area (Å²) >= 11 is 1.49. The topological polar surface area (TPSA) is 38.3 Å². The molecule has 1 heterocycles. The van der Waals surface area contributed by atoms with Crippen molar-refractivity contribution in [2.24, 2.45) is 0 Å². The molecule has 1 aromatic carbocycles. The second kappa shape index (κ2) is 5.90. The van der Waals surface area contributed by atoms with Crippen LogP contribution in [0.3, 0.4) is 0 Å². The molecular formula is C17H21NO2S. The van der Waals surface area contributed by atoms with Crippen molar-refractivity contribution in [1.29, 1.82) is 0 Å². The molecule has 0 bridgehead atoms. The Bertz CT molecular complexity index is 653. The fraction of sp³-hybridized carbons (Fsp3) is 0.353. The van der Waals surface area contributed by atoms with Crippen molar-refractivity contribution >= 4 is 22.9 Å². The predicted octanol–water partition coefficient (Wildman–Crippen LogP) is 4.61. The monoisotopic (exact) mass is 303 g/mol. The summed E-state index contributed by atoms with van der Waals surface area (Å²) in [4.78, 5) is 14.1. The molecule has 1 N–H and O–H groups in total. The highest BCUT2D eigenvalue weighted by atomic mass is 32.1. The van der Waals surface area contributed by atoms with Crippen molar-refractivity contribution in [3.63, 3.8) is 0 Å². The molecule has 0 unspecified atom stereocenters. The van der Waals surface area contributed by atoms with Crippen molar-refractivity contribution < 1.29 is 9.53 Å². The van der Waals surface area contributed by atoms with Crippen molar-refractivity contribution in [3.05, 3.63) is 45.6 Å². The van der Waals surface area contributed by atoms with Crippen LogP contribution in [0.5, 0.6) is 5.75 Å². The number of thiophene rings is 1. The lowest BCUT2D eigenvalue weighted by Crippen LogP contribution is -2.14. The summed E-state index contributed by atoms with van der Waals surface area (Å²) in [6.07, 6.45) is 0. The summed E-state index contributed by atoms with van der Waals surface area (Å²) < 4.78 is 5.34. The van der Waals surface area contributed by atoms with Gasteiger partial charge in [-0.15, -0.1) is 11.3 Å². The Balaban J connectivity index is 2.31. The van der Waals surface area contributed by atoms with E-state index in [0.29, 0.717) is 16.3 Å². The zero-order chi connectivity index (χ0) is 15.6. The van der Waals surface area contributed by atoms with Gasteiger partial charge in [0.2, 0.25) is 0 Å². The van der Waals surface area contributed by atoms with E-state index in [1.54, 1.807) is 7.11 Å². The lowest BCUT2D eigenvalue weighted by atomic mass is 9.87. The van der Waals surface area contributed by atoms with Gasteiger partial charge in [0.15, 0.2) is 0 Å². The van der Waals surface area contributed by atoms with E-state index >= 15 is 0 Å². The predicted molar refractivity (Wildman–Crippen MR) is 88.7 cm³/mol. The van der Waals surface area contributed by atoms with Gasteiger partial charge in [-0.2, -0.15) is 0 Å². The molecule has 0 radical (unpaired) electrons. The van der Waals surface area contributed by atoms with E-state index in [0.717, 1.165) is 10.4 Å². The number of hydrogen-bond donors (Lipinski definition) is 1. The van der Waals surface area contributed by atoms with Gasteiger partial charge in [-0.1, -0.05) is 26.8 Å². The molecule has 21 heavy (non-hydrogen) atoms. The Hall–Kier alpha value is -1.81.